The molecule has 0 amide bonds. The number of aliphatic hydroxyl groups excluding tert-OH is 1. The van der Waals surface area contributed by atoms with Crippen molar-refractivity contribution in [2.24, 2.45) is 0 Å². The number of benzene rings is 2. The predicted octanol–water partition coefficient (Wildman–Crippen LogP) is 4.90. The fourth-order valence-corrected chi connectivity index (χ4v) is 5.76. The molecule has 3 N–H and O–H groups in total. The first-order chi connectivity index (χ1) is 18.6. The van der Waals surface area contributed by atoms with E-state index in [4.69, 9.17) is 9.97 Å². The zero-order valence-electron chi connectivity index (χ0n) is 22.2. The third kappa shape index (κ3) is 5.60. The van der Waals surface area contributed by atoms with E-state index < -0.39 is 0 Å². The van der Waals surface area contributed by atoms with E-state index in [9.17, 15) is 5.11 Å². The topological polar surface area (TPSA) is 78.2 Å². The van der Waals surface area contributed by atoms with Gasteiger partial charge >= 0.3 is 0 Å². The summed E-state index contributed by atoms with van der Waals surface area (Å²) < 4.78 is 2.34. The van der Waals surface area contributed by atoms with Gasteiger partial charge in [0.05, 0.1) is 6.10 Å². The van der Waals surface area contributed by atoms with Crippen molar-refractivity contribution in [2.45, 2.75) is 57.8 Å². The summed E-state index contributed by atoms with van der Waals surface area (Å²) in [6.07, 6.45) is 7.65. The molecule has 1 saturated carbocycles. The molecule has 6 rings (SSSR count). The number of fused-ring (bicyclic) bond motifs is 1. The molecule has 1 aliphatic heterocycles. The van der Waals surface area contributed by atoms with Gasteiger partial charge in [0, 0.05) is 68.7 Å². The highest BCUT2D eigenvalue weighted by Crippen LogP contribution is 2.36. The van der Waals surface area contributed by atoms with Crippen LogP contribution in [0.4, 0.5) is 5.95 Å². The van der Waals surface area contributed by atoms with Gasteiger partial charge in [-0.2, -0.15) is 4.98 Å². The van der Waals surface area contributed by atoms with Crippen molar-refractivity contribution in [1.82, 2.24) is 24.8 Å². The Balaban J connectivity index is 1.28. The number of hydrogen-bond acceptors (Lipinski definition) is 6. The summed E-state index contributed by atoms with van der Waals surface area (Å²) >= 11 is 0. The molecule has 0 bridgehead atoms. The van der Waals surface area contributed by atoms with Crippen LogP contribution in [0.3, 0.4) is 0 Å². The van der Waals surface area contributed by atoms with Crippen molar-refractivity contribution in [2.75, 3.05) is 31.5 Å². The largest absolute Gasteiger partial charge is 0.393 e. The highest BCUT2D eigenvalue weighted by molar-refractivity contribution is 5.94. The first-order valence-electron chi connectivity index (χ1n) is 14.0. The monoisotopic (exact) mass is 510 g/mol. The molecular formula is C31H38N6O. The Kier molecular flexibility index (Phi) is 7.40. The van der Waals surface area contributed by atoms with Gasteiger partial charge in [0.25, 0.3) is 0 Å². The van der Waals surface area contributed by atoms with Gasteiger partial charge < -0.3 is 20.3 Å². The molecule has 0 unspecified atom stereocenters. The minimum absolute atomic E-state index is 0.183. The summed E-state index contributed by atoms with van der Waals surface area (Å²) in [5.74, 6) is 0.645. The van der Waals surface area contributed by atoms with Crippen molar-refractivity contribution < 1.29 is 5.11 Å². The number of piperazine rings is 1. The molecule has 0 atom stereocenters. The first kappa shape index (κ1) is 25.0. The Morgan fingerprint density at radius 3 is 2.39 bits per heavy atom. The SMILES string of the molecule is Cc1ccc(CNc2ncc3c(-c4ccc(CN5CCNCC5)cc4)cn(C4CCC(O)CC4)c3n2)cc1. The van der Waals surface area contributed by atoms with E-state index in [1.54, 1.807) is 0 Å². The van der Waals surface area contributed by atoms with E-state index in [-0.39, 0.29) is 6.10 Å². The molecular weight excluding hydrogens is 472 g/mol. The molecule has 3 heterocycles. The Hall–Kier alpha value is -3.26. The second-order valence-electron chi connectivity index (χ2n) is 10.9. The van der Waals surface area contributed by atoms with Crippen LogP contribution < -0.4 is 10.6 Å². The summed E-state index contributed by atoms with van der Waals surface area (Å²) in [5, 5.41) is 18.0. The second kappa shape index (κ2) is 11.2. The molecule has 2 aromatic heterocycles. The molecule has 1 aliphatic carbocycles. The highest BCUT2D eigenvalue weighted by Gasteiger charge is 2.24. The van der Waals surface area contributed by atoms with E-state index in [2.05, 4.69) is 81.8 Å². The minimum atomic E-state index is -0.183. The summed E-state index contributed by atoms with van der Waals surface area (Å²) in [6.45, 7) is 8.11. The van der Waals surface area contributed by atoms with Gasteiger partial charge in [0.2, 0.25) is 5.95 Å². The molecule has 7 nitrogen and oxygen atoms in total. The van der Waals surface area contributed by atoms with E-state index in [1.807, 2.05) is 6.20 Å². The van der Waals surface area contributed by atoms with Crippen LogP contribution in [-0.2, 0) is 13.1 Å². The molecule has 2 aliphatic rings. The molecule has 198 valence electrons. The van der Waals surface area contributed by atoms with Gasteiger partial charge in [-0.05, 0) is 49.3 Å². The van der Waals surface area contributed by atoms with Crippen LogP contribution in [0.1, 0.15) is 48.4 Å². The molecule has 1 saturated heterocycles. The van der Waals surface area contributed by atoms with Crippen molar-refractivity contribution in [3.05, 3.63) is 77.6 Å². The van der Waals surface area contributed by atoms with Crippen molar-refractivity contribution >= 4 is 17.0 Å². The lowest BCUT2D eigenvalue weighted by Gasteiger charge is -2.27. The maximum Gasteiger partial charge on any atom is 0.224 e. The van der Waals surface area contributed by atoms with Crippen LogP contribution in [0, 0.1) is 6.92 Å². The Morgan fingerprint density at radius 1 is 0.947 bits per heavy atom. The van der Waals surface area contributed by atoms with Gasteiger partial charge in [-0.25, -0.2) is 4.98 Å². The number of aliphatic hydroxyl groups is 1. The zero-order chi connectivity index (χ0) is 25.9. The minimum Gasteiger partial charge on any atom is -0.393 e. The maximum atomic E-state index is 10.1. The number of nitrogens with one attached hydrogen (secondary N) is 2. The Bertz CT molecular complexity index is 1350. The van der Waals surface area contributed by atoms with Crippen LogP contribution in [0.15, 0.2) is 60.9 Å². The number of aryl methyl sites for hydroxylation is 1. The molecule has 0 radical (unpaired) electrons. The first-order valence-corrected chi connectivity index (χ1v) is 14.0. The average Bonchev–Trinajstić information content (AvgIpc) is 3.33. The van der Waals surface area contributed by atoms with Gasteiger partial charge in [-0.1, -0.05) is 54.1 Å². The van der Waals surface area contributed by atoms with Gasteiger partial charge in [0.1, 0.15) is 5.65 Å². The summed E-state index contributed by atoms with van der Waals surface area (Å²) in [6, 6.07) is 17.9. The maximum absolute atomic E-state index is 10.1. The number of aromatic nitrogens is 3. The van der Waals surface area contributed by atoms with Gasteiger partial charge in [0.15, 0.2) is 0 Å². The third-order valence-corrected chi connectivity index (χ3v) is 8.08. The van der Waals surface area contributed by atoms with Crippen molar-refractivity contribution in [3.8, 4) is 11.1 Å². The number of anilines is 1. The molecule has 2 fully saturated rings. The van der Waals surface area contributed by atoms with Crippen LogP contribution >= 0.6 is 0 Å². The summed E-state index contributed by atoms with van der Waals surface area (Å²) in [4.78, 5) is 12.2. The molecule has 2 aromatic carbocycles. The van der Waals surface area contributed by atoms with Gasteiger partial charge in [-0.15, -0.1) is 0 Å². The predicted molar refractivity (Wildman–Crippen MR) is 153 cm³/mol. The van der Waals surface area contributed by atoms with Crippen molar-refractivity contribution in [3.63, 3.8) is 0 Å². The lowest BCUT2D eigenvalue weighted by atomic mass is 9.93. The Labute approximate surface area is 224 Å². The van der Waals surface area contributed by atoms with Crippen LogP contribution in [-0.4, -0.2) is 56.8 Å². The van der Waals surface area contributed by atoms with E-state index in [0.29, 0.717) is 18.5 Å². The van der Waals surface area contributed by atoms with E-state index in [0.717, 1.165) is 69.4 Å². The van der Waals surface area contributed by atoms with Gasteiger partial charge in [-0.3, -0.25) is 4.90 Å². The van der Waals surface area contributed by atoms with Crippen LogP contribution in [0.5, 0.6) is 0 Å². The lowest BCUT2D eigenvalue weighted by molar-refractivity contribution is 0.111. The normalized spacial score (nSPS) is 20.6. The van der Waals surface area contributed by atoms with Crippen LogP contribution in [0.2, 0.25) is 0 Å². The number of rotatable bonds is 7. The molecule has 0 spiro atoms. The average molecular weight is 511 g/mol. The summed E-state index contributed by atoms with van der Waals surface area (Å²) in [5.41, 5.74) is 7.14. The quantitative estimate of drug-likeness (QED) is 0.328. The standard InChI is InChI=1S/C31H38N6O/c1-22-2-4-23(5-3-22)18-33-31-34-19-28-29(21-37(30(28)35-31)26-10-12-27(38)13-11-26)25-8-6-24(7-9-25)20-36-16-14-32-15-17-36/h2-9,19,21,26-27,32,38H,10-18,20H2,1H3,(H,33,34,35). The Morgan fingerprint density at radius 2 is 1.66 bits per heavy atom. The molecule has 38 heavy (non-hydrogen) atoms. The zero-order valence-corrected chi connectivity index (χ0v) is 22.2. The smallest absolute Gasteiger partial charge is 0.224 e. The van der Waals surface area contributed by atoms with E-state index >= 15 is 0 Å². The third-order valence-electron chi connectivity index (χ3n) is 8.08. The highest BCUT2D eigenvalue weighted by atomic mass is 16.3. The van der Waals surface area contributed by atoms with Crippen LogP contribution in [0.25, 0.3) is 22.2 Å². The second-order valence-corrected chi connectivity index (χ2v) is 10.9. The van der Waals surface area contributed by atoms with Crippen molar-refractivity contribution in [1.29, 1.82) is 0 Å². The molecule has 7 heteroatoms. The fourth-order valence-electron chi connectivity index (χ4n) is 5.76. The fraction of sp³-hybridized carbons (Fsp3) is 0.419. The van der Waals surface area contributed by atoms with E-state index in [1.165, 1.54) is 27.8 Å². The molecule has 4 aromatic rings. The summed E-state index contributed by atoms with van der Waals surface area (Å²) in [7, 11) is 0. The number of hydrogen-bond donors (Lipinski definition) is 3. The lowest BCUT2D eigenvalue weighted by Crippen LogP contribution is -2.42. The number of nitrogens with zero attached hydrogens (tertiary/aromatic N) is 4.